The molecule has 164 valence electrons. The number of pyridine rings is 1. The second-order valence-corrected chi connectivity index (χ2v) is 9.51. The highest BCUT2D eigenvalue weighted by atomic mass is 32.1. The van der Waals surface area contributed by atoms with E-state index in [4.69, 9.17) is 14.5 Å². The van der Waals surface area contributed by atoms with Crippen molar-refractivity contribution < 1.29 is 14.3 Å². The number of aryl methyl sites for hydroxylation is 4. The van der Waals surface area contributed by atoms with E-state index in [0.717, 1.165) is 53.9 Å². The van der Waals surface area contributed by atoms with Crippen molar-refractivity contribution in [3.05, 3.63) is 45.5 Å². The van der Waals surface area contributed by atoms with Crippen molar-refractivity contribution in [3.8, 4) is 16.9 Å². The Hall–Kier alpha value is -2.40. The highest BCUT2D eigenvalue weighted by molar-refractivity contribution is 7.19. The van der Waals surface area contributed by atoms with E-state index in [-0.39, 0.29) is 5.97 Å². The van der Waals surface area contributed by atoms with Crippen LogP contribution >= 0.6 is 11.3 Å². The summed E-state index contributed by atoms with van der Waals surface area (Å²) in [6.07, 6.45) is 7.89. The van der Waals surface area contributed by atoms with Crippen LogP contribution in [0.15, 0.2) is 18.2 Å². The maximum absolute atomic E-state index is 11.5. The second kappa shape index (κ2) is 9.39. The Morgan fingerprint density at radius 1 is 1.13 bits per heavy atom. The van der Waals surface area contributed by atoms with Crippen molar-refractivity contribution in [3.63, 3.8) is 0 Å². The van der Waals surface area contributed by atoms with Gasteiger partial charge in [0.15, 0.2) is 0 Å². The maximum Gasteiger partial charge on any atom is 0.305 e. The number of thiophene rings is 1. The van der Waals surface area contributed by atoms with Gasteiger partial charge in [0, 0.05) is 33.5 Å². The molecule has 3 aromatic rings. The molecular formula is C26H31NO3S. The number of hydrogen-bond acceptors (Lipinski definition) is 5. The smallest absolute Gasteiger partial charge is 0.305 e. The summed E-state index contributed by atoms with van der Waals surface area (Å²) in [5.74, 6) is 0.774. The lowest BCUT2D eigenvalue weighted by molar-refractivity contribution is -0.140. The number of carbonyl (C=O) groups is 1. The summed E-state index contributed by atoms with van der Waals surface area (Å²) in [7, 11) is 3.20. The number of ether oxygens (including phenoxy) is 2. The Labute approximate surface area is 188 Å². The molecule has 1 aliphatic carbocycles. The Balaban J connectivity index is 1.87. The summed E-state index contributed by atoms with van der Waals surface area (Å²) in [5, 5.41) is 1.33. The molecule has 0 atom stereocenters. The van der Waals surface area contributed by atoms with Gasteiger partial charge in [0.05, 0.1) is 14.2 Å². The number of nitrogens with zero attached hydrogens (tertiary/aromatic N) is 1. The minimum Gasteiger partial charge on any atom is -0.496 e. The minimum absolute atomic E-state index is 0.141. The van der Waals surface area contributed by atoms with Gasteiger partial charge in [0.1, 0.15) is 10.6 Å². The van der Waals surface area contributed by atoms with E-state index in [2.05, 4.69) is 32.0 Å². The molecule has 4 rings (SSSR count). The molecule has 1 aromatic carbocycles. The zero-order chi connectivity index (χ0) is 22.0. The van der Waals surface area contributed by atoms with Gasteiger partial charge >= 0.3 is 5.97 Å². The van der Waals surface area contributed by atoms with Gasteiger partial charge < -0.3 is 9.47 Å². The third kappa shape index (κ3) is 4.33. The summed E-state index contributed by atoms with van der Waals surface area (Å²) in [6, 6.07) is 6.49. The fourth-order valence-electron chi connectivity index (χ4n) is 4.72. The number of hydrogen-bond donors (Lipinski definition) is 0. The number of esters is 1. The van der Waals surface area contributed by atoms with E-state index < -0.39 is 0 Å². The van der Waals surface area contributed by atoms with Crippen LogP contribution in [0.5, 0.6) is 5.75 Å². The van der Waals surface area contributed by atoms with Gasteiger partial charge in [-0.15, -0.1) is 11.3 Å². The summed E-state index contributed by atoms with van der Waals surface area (Å²) in [5.41, 5.74) is 7.49. The molecule has 0 aliphatic heterocycles. The molecule has 0 saturated carbocycles. The molecule has 0 N–H and O–H groups in total. The zero-order valence-electron chi connectivity index (χ0n) is 19.0. The molecule has 0 fully saturated rings. The molecule has 31 heavy (non-hydrogen) atoms. The van der Waals surface area contributed by atoms with Crippen LogP contribution in [0.4, 0.5) is 0 Å². The van der Waals surface area contributed by atoms with Crippen LogP contribution in [0, 0.1) is 13.8 Å². The van der Waals surface area contributed by atoms with Gasteiger partial charge in [0.2, 0.25) is 0 Å². The molecular weight excluding hydrogens is 406 g/mol. The molecule has 0 unspecified atom stereocenters. The van der Waals surface area contributed by atoms with E-state index in [0.29, 0.717) is 6.42 Å². The maximum atomic E-state index is 11.5. The van der Waals surface area contributed by atoms with Crippen LogP contribution in [0.25, 0.3) is 21.3 Å². The summed E-state index contributed by atoms with van der Waals surface area (Å²) in [6.45, 7) is 4.22. The van der Waals surface area contributed by atoms with Gasteiger partial charge in [-0.25, -0.2) is 4.98 Å². The summed E-state index contributed by atoms with van der Waals surface area (Å²) >= 11 is 1.87. The largest absolute Gasteiger partial charge is 0.496 e. The van der Waals surface area contributed by atoms with Gasteiger partial charge in [0.25, 0.3) is 0 Å². The average Bonchev–Trinajstić information content (AvgIpc) is 3.14. The van der Waals surface area contributed by atoms with Crippen molar-refractivity contribution in [2.24, 2.45) is 0 Å². The van der Waals surface area contributed by atoms with Gasteiger partial charge in [-0.3, -0.25) is 4.79 Å². The lowest BCUT2D eigenvalue weighted by Crippen LogP contribution is -2.04. The molecule has 1 aliphatic rings. The van der Waals surface area contributed by atoms with Crippen molar-refractivity contribution in [1.29, 1.82) is 0 Å². The summed E-state index contributed by atoms with van der Waals surface area (Å²) in [4.78, 5) is 19.3. The minimum atomic E-state index is -0.141. The average molecular weight is 438 g/mol. The number of rotatable bonds is 7. The Morgan fingerprint density at radius 2 is 1.94 bits per heavy atom. The van der Waals surface area contributed by atoms with E-state index >= 15 is 0 Å². The first-order valence-corrected chi connectivity index (χ1v) is 12.0. The fraction of sp³-hybridized carbons (Fsp3) is 0.462. The first-order chi connectivity index (χ1) is 15.0. The van der Waals surface area contributed by atoms with Gasteiger partial charge in [-0.05, 0) is 81.5 Å². The van der Waals surface area contributed by atoms with Crippen LogP contribution in [-0.4, -0.2) is 25.2 Å². The van der Waals surface area contributed by atoms with Crippen LogP contribution in [0.1, 0.15) is 59.4 Å². The number of aromatic nitrogens is 1. The van der Waals surface area contributed by atoms with Crippen LogP contribution in [0.2, 0.25) is 0 Å². The van der Waals surface area contributed by atoms with Crippen molar-refractivity contribution in [2.45, 2.75) is 65.2 Å². The molecule has 5 heteroatoms. The number of benzene rings is 1. The highest BCUT2D eigenvalue weighted by Crippen LogP contribution is 2.45. The van der Waals surface area contributed by atoms with Crippen LogP contribution < -0.4 is 4.74 Å². The van der Waals surface area contributed by atoms with Gasteiger partial charge in [-0.2, -0.15) is 0 Å². The number of carbonyl (C=O) groups excluding carboxylic acids is 1. The molecule has 0 saturated heterocycles. The molecule has 0 radical (unpaired) electrons. The predicted octanol–water partition coefficient (Wildman–Crippen LogP) is 6.35. The Bertz CT molecular complexity index is 1120. The fourth-order valence-corrected chi connectivity index (χ4v) is 6.04. The monoisotopic (exact) mass is 437 g/mol. The van der Waals surface area contributed by atoms with E-state index in [1.807, 2.05) is 11.3 Å². The Kier molecular flexibility index (Phi) is 6.61. The third-order valence-corrected chi connectivity index (χ3v) is 7.51. The van der Waals surface area contributed by atoms with Crippen molar-refractivity contribution in [1.82, 2.24) is 4.98 Å². The molecule has 0 amide bonds. The predicted molar refractivity (Wildman–Crippen MR) is 127 cm³/mol. The lowest BCUT2D eigenvalue weighted by Gasteiger charge is -2.19. The van der Waals surface area contributed by atoms with Crippen LogP contribution in [0.3, 0.4) is 0 Å². The van der Waals surface area contributed by atoms with Gasteiger partial charge in [-0.1, -0.05) is 12.1 Å². The molecule has 0 bridgehead atoms. The summed E-state index contributed by atoms with van der Waals surface area (Å²) < 4.78 is 10.6. The first kappa shape index (κ1) is 21.8. The van der Waals surface area contributed by atoms with E-state index in [1.165, 1.54) is 52.5 Å². The highest BCUT2D eigenvalue weighted by Gasteiger charge is 2.25. The standard InChI is InChI=1S/C26H31NO3S/c1-16-13-14-19(21(15-16)29-3)24-18(9-6-8-12-23(28)30-4)17(2)27-26-25(24)20-10-5-7-11-22(20)31-26/h13-15H,5-12H2,1-4H3. The van der Waals surface area contributed by atoms with Crippen LogP contribution in [-0.2, 0) is 28.8 Å². The second-order valence-electron chi connectivity index (χ2n) is 8.43. The van der Waals surface area contributed by atoms with Crippen molar-refractivity contribution in [2.75, 3.05) is 14.2 Å². The zero-order valence-corrected chi connectivity index (χ0v) is 19.8. The molecule has 4 nitrogen and oxygen atoms in total. The topological polar surface area (TPSA) is 48.4 Å². The molecule has 0 spiro atoms. The van der Waals surface area contributed by atoms with E-state index in [9.17, 15) is 4.79 Å². The quantitative estimate of drug-likeness (QED) is 0.319. The first-order valence-electron chi connectivity index (χ1n) is 11.2. The Morgan fingerprint density at radius 3 is 2.71 bits per heavy atom. The molecule has 2 heterocycles. The SMILES string of the molecule is COC(=O)CCCCc1c(C)nc2sc3c(c2c1-c1ccc(C)cc1OC)CCCC3. The third-order valence-electron chi connectivity index (χ3n) is 6.32. The molecule has 2 aromatic heterocycles. The lowest BCUT2D eigenvalue weighted by atomic mass is 9.87. The normalized spacial score (nSPS) is 13.3. The number of fused-ring (bicyclic) bond motifs is 3. The number of unbranched alkanes of at least 4 members (excludes halogenated alkanes) is 1. The van der Waals surface area contributed by atoms with Crippen molar-refractivity contribution >= 4 is 27.5 Å². The van der Waals surface area contributed by atoms with E-state index in [1.54, 1.807) is 7.11 Å². The number of methoxy groups -OCH3 is 2.